The van der Waals surface area contributed by atoms with E-state index in [4.69, 9.17) is 5.11 Å². The highest BCUT2D eigenvalue weighted by atomic mass is 16.3. The molecule has 0 unspecified atom stereocenters. The molecular weight excluding hydrogens is 202 g/mol. The Morgan fingerprint density at radius 1 is 1.50 bits per heavy atom. The van der Waals surface area contributed by atoms with E-state index in [2.05, 4.69) is 14.9 Å². The van der Waals surface area contributed by atoms with Gasteiger partial charge in [-0.25, -0.2) is 9.97 Å². The van der Waals surface area contributed by atoms with E-state index in [1.54, 1.807) is 6.20 Å². The van der Waals surface area contributed by atoms with Crippen molar-refractivity contribution in [2.45, 2.75) is 32.8 Å². The average molecular weight is 221 g/mol. The van der Waals surface area contributed by atoms with Gasteiger partial charge in [-0.15, -0.1) is 0 Å². The van der Waals surface area contributed by atoms with Crippen molar-refractivity contribution in [1.82, 2.24) is 9.97 Å². The summed E-state index contributed by atoms with van der Waals surface area (Å²) in [5.41, 5.74) is 1.67. The molecule has 0 radical (unpaired) electrons. The molecule has 4 nitrogen and oxygen atoms in total. The van der Waals surface area contributed by atoms with Gasteiger partial charge < -0.3 is 10.0 Å². The third-order valence-electron chi connectivity index (χ3n) is 3.34. The Hall–Kier alpha value is -1.16. The molecule has 1 heterocycles. The van der Waals surface area contributed by atoms with Crippen LogP contribution in [0.2, 0.25) is 0 Å². The van der Waals surface area contributed by atoms with Crippen LogP contribution in [-0.2, 0) is 6.61 Å². The Bertz CT molecular complexity index is 363. The number of rotatable bonds is 4. The van der Waals surface area contributed by atoms with Crippen LogP contribution >= 0.6 is 0 Å². The van der Waals surface area contributed by atoms with Crippen LogP contribution in [0.3, 0.4) is 0 Å². The van der Waals surface area contributed by atoms with Crippen LogP contribution in [0.4, 0.5) is 5.95 Å². The van der Waals surface area contributed by atoms with E-state index in [0.29, 0.717) is 0 Å². The molecule has 2 rings (SSSR count). The number of hydrogen-bond acceptors (Lipinski definition) is 4. The molecule has 0 atom stereocenters. The fraction of sp³-hybridized carbons (Fsp3) is 0.667. The summed E-state index contributed by atoms with van der Waals surface area (Å²) in [6, 6.07) is 0. The maximum Gasteiger partial charge on any atom is 0.225 e. The summed E-state index contributed by atoms with van der Waals surface area (Å²) in [7, 11) is 2.03. The van der Waals surface area contributed by atoms with Crippen LogP contribution in [0, 0.1) is 12.8 Å². The Morgan fingerprint density at radius 3 is 2.75 bits per heavy atom. The van der Waals surface area contributed by atoms with Crippen molar-refractivity contribution in [2.75, 3.05) is 18.5 Å². The molecule has 1 aliphatic rings. The lowest BCUT2D eigenvalue weighted by Gasteiger charge is -2.30. The smallest absolute Gasteiger partial charge is 0.225 e. The molecule has 0 amide bonds. The third-order valence-corrected chi connectivity index (χ3v) is 3.34. The van der Waals surface area contributed by atoms with Gasteiger partial charge in [-0.05, 0) is 25.7 Å². The molecule has 1 aliphatic carbocycles. The van der Waals surface area contributed by atoms with Gasteiger partial charge in [0.05, 0.1) is 6.61 Å². The van der Waals surface area contributed by atoms with Gasteiger partial charge in [0.1, 0.15) is 0 Å². The maximum atomic E-state index is 9.05. The zero-order valence-corrected chi connectivity index (χ0v) is 9.98. The van der Waals surface area contributed by atoms with Crippen molar-refractivity contribution in [3.8, 4) is 0 Å². The summed E-state index contributed by atoms with van der Waals surface area (Å²) < 4.78 is 0. The van der Waals surface area contributed by atoms with Crippen molar-refractivity contribution in [2.24, 2.45) is 5.92 Å². The zero-order valence-electron chi connectivity index (χ0n) is 9.98. The molecule has 1 aromatic rings. The van der Waals surface area contributed by atoms with Gasteiger partial charge in [0.2, 0.25) is 5.95 Å². The van der Waals surface area contributed by atoms with Gasteiger partial charge >= 0.3 is 0 Å². The lowest BCUT2D eigenvalue weighted by Crippen LogP contribution is -2.30. The van der Waals surface area contributed by atoms with E-state index in [1.807, 2.05) is 14.0 Å². The number of anilines is 1. The molecule has 16 heavy (non-hydrogen) atoms. The van der Waals surface area contributed by atoms with Crippen molar-refractivity contribution in [3.05, 3.63) is 17.5 Å². The molecule has 1 fully saturated rings. The molecule has 1 aromatic heterocycles. The molecular formula is C12H19N3O. The topological polar surface area (TPSA) is 49.2 Å². The molecule has 0 bridgehead atoms. The van der Waals surface area contributed by atoms with E-state index in [1.165, 1.54) is 19.3 Å². The van der Waals surface area contributed by atoms with Crippen molar-refractivity contribution < 1.29 is 5.11 Å². The van der Waals surface area contributed by atoms with Gasteiger partial charge in [0.15, 0.2) is 0 Å². The fourth-order valence-corrected chi connectivity index (χ4v) is 1.96. The quantitative estimate of drug-likeness (QED) is 0.837. The molecule has 88 valence electrons. The molecule has 1 saturated carbocycles. The Kier molecular flexibility index (Phi) is 3.39. The van der Waals surface area contributed by atoms with E-state index in [9.17, 15) is 0 Å². The summed E-state index contributed by atoms with van der Waals surface area (Å²) in [5.74, 6) is 1.58. The molecule has 0 saturated heterocycles. The normalized spacial score (nSPS) is 15.9. The van der Waals surface area contributed by atoms with Crippen LogP contribution in [0.5, 0.6) is 0 Å². The second-order valence-corrected chi connectivity index (χ2v) is 4.62. The molecule has 0 aromatic carbocycles. The van der Waals surface area contributed by atoms with E-state index < -0.39 is 0 Å². The predicted molar refractivity (Wildman–Crippen MR) is 63.3 cm³/mol. The first-order valence-electron chi connectivity index (χ1n) is 5.85. The molecule has 4 heteroatoms. The summed E-state index contributed by atoms with van der Waals surface area (Å²) in [5, 5.41) is 9.05. The van der Waals surface area contributed by atoms with Gasteiger partial charge in [0.25, 0.3) is 0 Å². The number of aliphatic hydroxyl groups is 1. The SMILES string of the molecule is Cc1nc(N(C)CC2CCC2)ncc1CO. The van der Waals surface area contributed by atoms with Crippen LogP contribution < -0.4 is 4.90 Å². The first kappa shape index (κ1) is 11.3. The van der Waals surface area contributed by atoms with Crippen LogP contribution in [0.15, 0.2) is 6.20 Å². The van der Waals surface area contributed by atoms with Crippen LogP contribution in [-0.4, -0.2) is 28.7 Å². The number of aromatic nitrogens is 2. The first-order chi connectivity index (χ1) is 7.70. The van der Waals surface area contributed by atoms with Crippen molar-refractivity contribution in [1.29, 1.82) is 0 Å². The average Bonchev–Trinajstić information content (AvgIpc) is 2.23. The van der Waals surface area contributed by atoms with Gasteiger partial charge in [-0.1, -0.05) is 6.42 Å². The number of aliphatic hydroxyl groups excluding tert-OH is 1. The second kappa shape index (κ2) is 4.78. The number of hydrogen-bond donors (Lipinski definition) is 1. The Morgan fingerprint density at radius 2 is 2.25 bits per heavy atom. The minimum absolute atomic E-state index is 0.0124. The highest BCUT2D eigenvalue weighted by Gasteiger charge is 2.20. The van der Waals surface area contributed by atoms with E-state index >= 15 is 0 Å². The fourth-order valence-electron chi connectivity index (χ4n) is 1.96. The predicted octanol–water partition coefficient (Wildman–Crippen LogP) is 1.51. The number of aryl methyl sites for hydroxylation is 1. The van der Waals surface area contributed by atoms with Gasteiger partial charge in [-0.3, -0.25) is 0 Å². The monoisotopic (exact) mass is 221 g/mol. The van der Waals surface area contributed by atoms with Crippen LogP contribution in [0.1, 0.15) is 30.5 Å². The third kappa shape index (κ3) is 2.32. The largest absolute Gasteiger partial charge is 0.392 e. The van der Waals surface area contributed by atoms with Gasteiger partial charge in [-0.2, -0.15) is 0 Å². The summed E-state index contributed by atoms with van der Waals surface area (Å²) >= 11 is 0. The lowest BCUT2D eigenvalue weighted by molar-refractivity contribution is 0.280. The standard InChI is InChI=1S/C12H19N3O/c1-9-11(8-16)6-13-12(14-9)15(2)7-10-4-3-5-10/h6,10,16H,3-5,7-8H2,1-2H3. The molecule has 0 aliphatic heterocycles. The van der Waals surface area contributed by atoms with Gasteiger partial charge in [0, 0.05) is 31.0 Å². The minimum atomic E-state index is 0.0124. The highest BCUT2D eigenvalue weighted by Crippen LogP contribution is 2.27. The second-order valence-electron chi connectivity index (χ2n) is 4.62. The van der Waals surface area contributed by atoms with Crippen LogP contribution in [0.25, 0.3) is 0 Å². The summed E-state index contributed by atoms with van der Waals surface area (Å²) in [6.45, 7) is 2.96. The molecule has 0 spiro atoms. The summed E-state index contributed by atoms with van der Waals surface area (Å²) in [6.07, 6.45) is 5.74. The number of nitrogens with zero attached hydrogens (tertiary/aromatic N) is 3. The zero-order chi connectivity index (χ0) is 11.5. The molecule has 1 N–H and O–H groups in total. The Balaban J connectivity index is 2.04. The van der Waals surface area contributed by atoms with Crippen molar-refractivity contribution in [3.63, 3.8) is 0 Å². The van der Waals surface area contributed by atoms with E-state index in [-0.39, 0.29) is 6.61 Å². The first-order valence-corrected chi connectivity index (χ1v) is 5.85. The summed E-state index contributed by atoms with van der Waals surface area (Å²) in [4.78, 5) is 10.8. The van der Waals surface area contributed by atoms with Crippen molar-refractivity contribution >= 4 is 5.95 Å². The Labute approximate surface area is 96.3 Å². The highest BCUT2D eigenvalue weighted by molar-refractivity contribution is 5.31. The maximum absolute atomic E-state index is 9.05. The van der Waals surface area contributed by atoms with E-state index in [0.717, 1.165) is 29.7 Å². The lowest BCUT2D eigenvalue weighted by atomic mass is 9.85. The minimum Gasteiger partial charge on any atom is -0.392 e.